The van der Waals surface area contributed by atoms with Crippen LogP contribution in [-0.4, -0.2) is 34.0 Å². The van der Waals surface area contributed by atoms with Crippen molar-refractivity contribution in [3.63, 3.8) is 0 Å². The second-order valence-electron chi connectivity index (χ2n) is 5.13. The number of rotatable bonds is 2. The molecule has 1 fully saturated rings. The van der Waals surface area contributed by atoms with Crippen LogP contribution in [0.15, 0.2) is 24.3 Å². The predicted octanol–water partition coefficient (Wildman–Crippen LogP) is 1.26. The number of esters is 1. The molecular weight excluding hydrogens is 225 g/mol. The Morgan fingerprint density at radius 1 is 1.39 bits per heavy atom. The summed E-state index contributed by atoms with van der Waals surface area (Å²) >= 11 is 0. The third-order valence-corrected chi connectivity index (χ3v) is 3.78. The maximum absolute atomic E-state index is 11.7. The van der Waals surface area contributed by atoms with Gasteiger partial charge in [-0.05, 0) is 31.9 Å². The maximum atomic E-state index is 11.7. The summed E-state index contributed by atoms with van der Waals surface area (Å²) in [6.07, 6.45) is 1.63. The average Bonchev–Trinajstić information content (AvgIpc) is 2.38. The molecule has 1 aromatic carbocycles. The summed E-state index contributed by atoms with van der Waals surface area (Å²) < 4.78 is 4.88. The first-order chi connectivity index (χ1) is 8.55. The molecule has 2 radical (unpaired) electrons. The van der Waals surface area contributed by atoms with Gasteiger partial charge in [-0.3, -0.25) is 4.79 Å². The molecule has 18 heavy (non-hydrogen) atoms. The average molecular weight is 243 g/mol. The fourth-order valence-electron chi connectivity index (χ4n) is 2.43. The van der Waals surface area contributed by atoms with Gasteiger partial charge in [-0.2, -0.15) is 0 Å². The van der Waals surface area contributed by atoms with Crippen LogP contribution in [0.1, 0.15) is 19.8 Å². The Kier molecular flexibility index (Phi) is 3.64. The number of anilines is 1. The molecule has 0 aromatic heterocycles. The Balaban J connectivity index is 2.05. The molecule has 1 aliphatic heterocycles. The summed E-state index contributed by atoms with van der Waals surface area (Å²) in [6.45, 7) is 3.69. The Morgan fingerprint density at radius 2 is 2.06 bits per heavy atom. The van der Waals surface area contributed by atoms with Crippen molar-refractivity contribution >= 4 is 25.0 Å². The van der Waals surface area contributed by atoms with E-state index in [2.05, 4.69) is 11.0 Å². The van der Waals surface area contributed by atoms with Gasteiger partial charge in [0.25, 0.3) is 0 Å². The van der Waals surface area contributed by atoms with Gasteiger partial charge >= 0.3 is 5.97 Å². The van der Waals surface area contributed by atoms with Crippen LogP contribution in [-0.2, 0) is 9.53 Å². The molecular formula is C14H18BNO2. The number of piperidine rings is 1. The molecule has 1 aliphatic rings. The molecule has 0 atom stereocenters. The van der Waals surface area contributed by atoms with E-state index in [1.165, 1.54) is 7.11 Å². The zero-order valence-electron chi connectivity index (χ0n) is 11.0. The highest BCUT2D eigenvalue weighted by molar-refractivity contribution is 6.32. The van der Waals surface area contributed by atoms with Crippen LogP contribution in [0.5, 0.6) is 0 Å². The second kappa shape index (κ2) is 5.05. The normalized spacial score (nSPS) is 18.4. The lowest BCUT2D eigenvalue weighted by Gasteiger charge is -2.38. The first kappa shape index (κ1) is 13.0. The molecule has 0 unspecified atom stereocenters. The van der Waals surface area contributed by atoms with Crippen molar-refractivity contribution in [1.82, 2.24) is 0 Å². The van der Waals surface area contributed by atoms with Crippen molar-refractivity contribution in [2.24, 2.45) is 5.41 Å². The van der Waals surface area contributed by atoms with E-state index in [9.17, 15) is 4.79 Å². The number of hydrogen-bond donors (Lipinski definition) is 0. The van der Waals surface area contributed by atoms with E-state index >= 15 is 0 Å². The van der Waals surface area contributed by atoms with Crippen molar-refractivity contribution in [2.45, 2.75) is 19.8 Å². The number of carbonyl (C=O) groups excluding carboxylic acids is 1. The third kappa shape index (κ3) is 2.52. The fourth-order valence-corrected chi connectivity index (χ4v) is 2.43. The van der Waals surface area contributed by atoms with Crippen molar-refractivity contribution in [3.8, 4) is 0 Å². The van der Waals surface area contributed by atoms with Gasteiger partial charge in [0.15, 0.2) is 0 Å². The first-order valence-corrected chi connectivity index (χ1v) is 6.24. The van der Waals surface area contributed by atoms with Gasteiger partial charge in [0, 0.05) is 18.8 Å². The topological polar surface area (TPSA) is 29.5 Å². The van der Waals surface area contributed by atoms with Gasteiger partial charge in [0.1, 0.15) is 7.85 Å². The predicted molar refractivity (Wildman–Crippen MR) is 73.4 cm³/mol. The molecule has 1 aromatic rings. The molecule has 3 nitrogen and oxygen atoms in total. The van der Waals surface area contributed by atoms with Crippen LogP contribution in [0.4, 0.5) is 5.69 Å². The Bertz CT molecular complexity index is 439. The number of carbonyl (C=O) groups is 1. The highest BCUT2D eigenvalue weighted by Gasteiger charge is 2.37. The lowest BCUT2D eigenvalue weighted by Crippen LogP contribution is -2.43. The van der Waals surface area contributed by atoms with Crippen molar-refractivity contribution in [1.29, 1.82) is 0 Å². The van der Waals surface area contributed by atoms with Crippen LogP contribution in [0, 0.1) is 5.41 Å². The van der Waals surface area contributed by atoms with Crippen LogP contribution >= 0.6 is 0 Å². The molecule has 0 bridgehead atoms. The van der Waals surface area contributed by atoms with Crippen LogP contribution in [0.25, 0.3) is 0 Å². The summed E-state index contributed by atoms with van der Waals surface area (Å²) in [5, 5.41) is 0. The smallest absolute Gasteiger partial charge is 0.311 e. The quantitative estimate of drug-likeness (QED) is 0.578. The highest BCUT2D eigenvalue weighted by Crippen LogP contribution is 2.33. The maximum Gasteiger partial charge on any atom is 0.311 e. The minimum Gasteiger partial charge on any atom is -0.469 e. The van der Waals surface area contributed by atoms with E-state index in [-0.39, 0.29) is 11.4 Å². The van der Waals surface area contributed by atoms with Gasteiger partial charge in [-0.1, -0.05) is 17.6 Å². The van der Waals surface area contributed by atoms with Crippen molar-refractivity contribution in [3.05, 3.63) is 24.3 Å². The molecule has 0 N–H and O–H groups in total. The molecule has 94 valence electrons. The minimum atomic E-state index is -0.342. The standard InChI is InChI=1S/C14H18BNO2/c1-14(13(17)18-2)6-8-16(9-7-14)12-5-3-4-11(15)10-12/h3-5,10H,6-9H2,1-2H3. The SMILES string of the molecule is [B]c1cccc(N2CCC(C)(C(=O)OC)CC2)c1. The van der Waals surface area contributed by atoms with Gasteiger partial charge in [0.05, 0.1) is 12.5 Å². The third-order valence-electron chi connectivity index (χ3n) is 3.78. The monoisotopic (exact) mass is 243 g/mol. The fraction of sp³-hybridized carbons (Fsp3) is 0.500. The summed E-state index contributed by atoms with van der Waals surface area (Å²) in [5.74, 6) is -0.102. The van der Waals surface area contributed by atoms with Gasteiger partial charge in [-0.25, -0.2) is 0 Å². The van der Waals surface area contributed by atoms with Crippen LogP contribution in [0.3, 0.4) is 0 Å². The van der Waals surface area contributed by atoms with E-state index in [1.807, 2.05) is 25.1 Å². The van der Waals surface area contributed by atoms with E-state index in [4.69, 9.17) is 12.6 Å². The van der Waals surface area contributed by atoms with Crippen molar-refractivity contribution < 1.29 is 9.53 Å². The van der Waals surface area contributed by atoms with Crippen molar-refractivity contribution in [2.75, 3.05) is 25.1 Å². The molecule has 0 aliphatic carbocycles. The van der Waals surface area contributed by atoms with Gasteiger partial charge in [-0.15, -0.1) is 0 Å². The molecule has 0 amide bonds. The van der Waals surface area contributed by atoms with Gasteiger partial charge < -0.3 is 9.64 Å². The number of methoxy groups -OCH3 is 1. The highest BCUT2D eigenvalue weighted by atomic mass is 16.5. The number of ether oxygens (including phenoxy) is 1. The van der Waals surface area contributed by atoms with E-state index in [0.29, 0.717) is 0 Å². The van der Waals surface area contributed by atoms with E-state index in [0.717, 1.165) is 37.1 Å². The zero-order chi connectivity index (χ0) is 13.2. The molecule has 0 saturated carbocycles. The second-order valence-corrected chi connectivity index (χ2v) is 5.13. The molecule has 2 rings (SSSR count). The van der Waals surface area contributed by atoms with E-state index < -0.39 is 0 Å². The van der Waals surface area contributed by atoms with Crippen LogP contribution in [0.2, 0.25) is 0 Å². The largest absolute Gasteiger partial charge is 0.469 e. The number of hydrogen-bond acceptors (Lipinski definition) is 3. The number of benzene rings is 1. The van der Waals surface area contributed by atoms with Gasteiger partial charge in [0.2, 0.25) is 0 Å². The summed E-state index contributed by atoms with van der Waals surface area (Å²) in [7, 11) is 7.24. The molecule has 1 heterocycles. The van der Waals surface area contributed by atoms with E-state index in [1.54, 1.807) is 0 Å². The summed E-state index contributed by atoms with van der Waals surface area (Å²) in [6, 6.07) is 7.86. The lowest BCUT2D eigenvalue weighted by molar-refractivity contribution is -0.152. The lowest BCUT2D eigenvalue weighted by atomic mass is 9.80. The Morgan fingerprint density at radius 3 is 2.61 bits per heavy atom. The molecule has 0 spiro atoms. The summed E-state index contributed by atoms with van der Waals surface area (Å²) in [5.41, 5.74) is 1.56. The summed E-state index contributed by atoms with van der Waals surface area (Å²) in [4.78, 5) is 14.0. The zero-order valence-corrected chi connectivity index (χ0v) is 11.0. The minimum absolute atomic E-state index is 0.102. The molecule has 1 saturated heterocycles. The number of nitrogens with zero attached hydrogens (tertiary/aromatic N) is 1. The van der Waals surface area contributed by atoms with Crippen LogP contribution < -0.4 is 10.4 Å². The Hall–Kier alpha value is -1.45. The Labute approximate surface area is 110 Å². The first-order valence-electron chi connectivity index (χ1n) is 6.24. The molecule has 4 heteroatoms.